The molecule has 130 valence electrons. The molecule has 1 aromatic carbocycles. The van der Waals surface area contributed by atoms with Crippen LogP contribution in [0.5, 0.6) is 0 Å². The van der Waals surface area contributed by atoms with Crippen LogP contribution in [0.25, 0.3) is 0 Å². The number of nitrogens with one attached hydrogen (secondary N) is 1. The van der Waals surface area contributed by atoms with Crippen LogP contribution in [-0.4, -0.2) is 44.8 Å². The summed E-state index contributed by atoms with van der Waals surface area (Å²) in [6.45, 7) is 8.45. The molecular formula is C17H29IN4O. The summed E-state index contributed by atoms with van der Waals surface area (Å²) in [6, 6.07) is 8.56. The van der Waals surface area contributed by atoms with E-state index in [2.05, 4.69) is 53.3 Å². The van der Waals surface area contributed by atoms with E-state index in [0.29, 0.717) is 12.5 Å². The number of likely N-dealkylation sites (N-methyl/N-ethyl adjacent to an activating group) is 1. The summed E-state index contributed by atoms with van der Waals surface area (Å²) in [6.07, 6.45) is 2.48. The lowest BCUT2D eigenvalue weighted by Crippen LogP contribution is -2.39. The fourth-order valence-corrected chi connectivity index (χ4v) is 2.66. The molecule has 23 heavy (non-hydrogen) atoms. The molecule has 0 saturated carbocycles. The first-order chi connectivity index (χ1) is 10.7. The molecule has 0 amide bonds. The zero-order valence-corrected chi connectivity index (χ0v) is 16.5. The molecule has 0 radical (unpaired) electrons. The molecule has 0 aromatic heterocycles. The van der Waals surface area contributed by atoms with Crippen molar-refractivity contribution in [2.75, 3.05) is 37.7 Å². The Kier molecular flexibility index (Phi) is 9.31. The molecule has 1 unspecified atom stereocenters. The van der Waals surface area contributed by atoms with Gasteiger partial charge in [-0.2, -0.15) is 0 Å². The van der Waals surface area contributed by atoms with Crippen molar-refractivity contribution >= 4 is 35.6 Å². The first kappa shape index (κ1) is 20.0. The van der Waals surface area contributed by atoms with Gasteiger partial charge in [0.15, 0.2) is 5.96 Å². The molecule has 1 aliphatic heterocycles. The lowest BCUT2D eigenvalue weighted by atomic mass is 10.2. The summed E-state index contributed by atoms with van der Waals surface area (Å²) >= 11 is 0. The maximum atomic E-state index is 5.91. The van der Waals surface area contributed by atoms with Gasteiger partial charge < -0.3 is 20.7 Å². The molecule has 0 aliphatic carbocycles. The molecule has 3 N–H and O–H groups in total. The molecule has 1 heterocycles. The number of hydrogen-bond acceptors (Lipinski definition) is 3. The number of anilines is 1. The average Bonchev–Trinajstić information content (AvgIpc) is 3.03. The highest BCUT2D eigenvalue weighted by molar-refractivity contribution is 14.0. The molecule has 0 spiro atoms. The smallest absolute Gasteiger partial charge is 0.188 e. The molecule has 0 bridgehead atoms. The molecule has 5 nitrogen and oxygen atoms in total. The highest BCUT2D eigenvalue weighted by Crippen LogP contribution is 2.15. The zero-order chi connectivity index (χ0) is 15.8. The first-order valence-electron chi connectivity index (χ1n) is 8.16. The molecule has 1 aliphatic rings. The first-order valence-corrected chi connectivity index (χ1v) is 8.16. The number of rotatable bonds is 7. The van der Waals surface area contributed by atoms with Crippen molar-refractivity contribution in [1.82, 2.24) is 5.32 Å². The number of nitrogens with two attached hydrogens (primary N) is 1. The summed E-state index contributed by atoms with van der Waals surface area (Å²) in [7, 11) is 0. The number of nitrogens with zero attached hydrogens (tertiary/aromatic N) is 2. The van der Waals surface area contributed by atoms with Gasteiger partial charge in [-0.15, -0.1) is 24.0 Å². The minimum Gasteiger partial charge on any atom is -0.376 e. The van der Waals surface area contributed by atoms with E-state index in [9.17, 15) is 0 Å². The number of aryl methyl sites for hydroxylation is 1. The van der Waals surface area contributed by atoms with E-state index in [1.54, 1.807) is 0 Å². The maximum Gasteiger partial charge on any atom is 0.188 e. The van der Waals surface area contributed by atoms with Gasteiger partial charge in [0.25, 0.3) is 0 Å². The van der Waals surface area contributed by atoms with E-state index in [-0.39, 0.29) is 30.1 Å². The van der Waals surface area contributed by atoms with Gasteiger partial charge in [-0.3, -0.25) is 4.99 Å². The predicted molar refractivity (Wildman–Crippen MR) is 108 cm³/mol. The minimum atomic E-state index is 0. The van der Waals surface area contributed by atoms with Crippen LogP contribution in [0, 0.1) is 6.92 Å². The highest BCUT2D eigenvalue weighted by Gasteiger charge is 2.14. The topological polar surface area (TPSA) is 62.9 Å². The van der Waals surface area contributed by atoms with E-state index in [0.717, 1.165) is 39.1 Å². The number of benzene rings is 1. The van der Waals surface area contributed by atoms with Crippen LogP contribution in [0.15, 0.2) is 29.3 Å². The van der Waals surface area contributed by atoms with Gasteiger partial charge in [-0.05, 0) is 44.4 Å². The molecule has 2 rings (SSSR count). The number of guanidine groups is 1. The van der Waals surface area contributed by atoms with E-state index in [1.165, 1.54) is 11.3 Å². The number of hydrogen-bond donors (Lipinski definition) is 2. The van der Waals surface area contributed by atoms with E-state index in [1.807, 2.05) is 0 Å². The second-order valence-electron chi connectivity index (χ2n) is 5.71. The van der Waals surface area contributed by atoms with Crippen LogP contribution in [-0.2, 0) is 4.74 Å². The normalized spacial score (nSPS) is 17.7. The van der Waals surface area contributed by atoms with Crippen LogP contribution in [0.4, 0.5) is 5.69 Å². The van der Waals surface area contributed by atoms with Crippen molar-refractivity contribution < 1.29 is 4.74 Å². The molecule has 1 fully saturated rings. The van der Waals surface area contributed by atoms with Crippen molar-refractivity contribution in [2.24, 2.45) is 10.7 Å². The van der Waals surface area contributed by atoms with Crippen LogP contribution >= 0.6 is 24.0 Å². The van der Waals surface area contributed by atoms with Gasteiger partial charge in [-0.25, -0.2) is 0 Å². The quantitative estimate of drug-likeness (QED) is 0.395. The average molecular weight is 432 g/mol. The van der Waals surface area contributed by atoms with Gasteiger partial charge in [0, 0.05) is 31.9 Å². The van der Waals surface area contributed by atoms with Crippen LogP contribution in [0.1, 0.15) is 25.3 Å². The molecule has 6 heteroatoms. The standard InChI is InChI=1S/C17H28N4O.HI/c1-3-21(15-7-4-6-14(2)12-15)10-9-19-17(18)20-13-16-8-5-11-22-16;/h4,6-7,12,16H,3,5,8-11,13H2,1-2H3,(H3,18,19,20);1H. The number of ether oxygens (including phenoxy) is 1. The summed E-state index contributed by atoms with van der Waals surface area (Å²) in [5, 5.41) is 3.19. The van der Waals surface area contributed by atoms with Gasteiger partial charge >= 0.3 is 0 Å². The summed E-state index contributed by atoms with van der Waals surface area (Å²) in [4.78, 5) is 6.68. The number of aliphatic imine (C=N–C) groups is 1. The second-order valence-corrected chi connectivity index (χ2v) is 5.71. The third-order valence-electron chi connectivity index (χ3n) is 3.93. The Morgan fingerprint density at radius 2 is 2.30 bits per heavy atom. The lowest BCUT2D eigenvalue weighted by Gasteiger charge is -2.23. The highest BCUT2D eigenvalue weighted by atomic mass is 127. The Bertz CT molecular complexity index is 489. The van der Waals surface area contributed by atoms with Gasteiger partial charge in [0.05, 0.1) is 12.6 Å². The van der Waals surface area contributed by atoms with Crippen molar-refractivity contribution in [1.29, 1.82) is 0 Å². The number of halogens is 1. The van der Waals surface area contributed by atoms with Crippen molar-refractivity contribution in [3.05, 3.63) is 29.8 Å². The van der Waals surface area contributed by atoms with Crippen LogP contribution < -0.4 is 16.0 Å². The second kappa shape index (κ2) is 10.7. The fourth-order valence-electron chi connectivity index (χ4n) is 2.66. The monoisotopic (exact) mass is 432 g/mol. The van der Waals surface area contributed by atoms with Crippen molar-refractivity contribution in [2.45, 2.75) is 32.8 Å². The molecule has 1 aromatic rings. The predicted octanol–water partition coefficient (Wildman–Crippen LogP) is 2.52. The van der Waals surface area contributed by atoms with Gasteiger partial charge in [0.1, 0.15) is 0 Å². The summed E-state index contributed by atoms with van der Waals surface area (Å²) in [5.41, 5.74) is 8.44. The molecule has 1 atom stereocenters. The zero-order valence-electron chi connectivity index (χ0n) is 14.1. The van der Waals surface area contributed by atoms with Gasteiger partial charge in [-0.1, -0.05) is 12.1 Å². The van der Waals surface area contributed by atoms with Crippen LogP contribution in [0.2, 0.25) is 0 Å². The summed E-state index contributed by atoms with van der Waals surface area (Å²) < 4.78 is 5.53. The van der Waals surface area contributed by atoms with E-state index < -0.39 is 0 Å². The van der Waals surface area contributed by atoms with E-state index in [4.69, 9.17) is 10.5 Å². The lowest BCUT2D eigenvalue weighted by molar-refractivity contribution is 0.118. The largest absolute Gasteiger partial charge is 0.376 e. The molecule has 1 saturated heterocycles. The van der Waals surface area contributed by atoms with Crippen molar-refractivity contribution in [3.8, 4) is 0 Å². The fraction of sp³-hybridized carbons (Fsp3) is 0.588. The summed E-state index contributed by atoms with van der Waals surface area (Å²) in [5.74, 6) is 0.510. The van der Waals surface area contributed by atoms with E-state index >= 15 is 0 Å². The Morgan fingerprint density at radius 1 is 1.48 bits per heavy atom. The SMILES string of the molecule is CCN(CCNC(N)=NCC1CCCO1)c1cccc(C)c1.I. The maximum absolute atomic E-state index is 5.91. The Labute approximate surface area is 156 Å². The Morgan fingerprint density at radius 3 is 2.96 bits per heavy atom. The third-order valence-corrected chi connectivity index (χ3v) is 3.93. The Balaban J connectivity index is 0.00000264. The van der Waals surface area contributed by atoms with Crippen molar-refractivity contribution in [3.63, 3.8) is 0 Å². The molecular weight excluding hydrogens is 403 g/mol. The van der Waals surface area contributed by atoms with Gasteiger partial charge in [0.2, 0.25) is 0 Å². The third kappa shape index (κ3) is 6.95. The van der Waals surface area contributed by atoms with Crippen LogP contribution in [0.3, 0.4) is 0 Å². The Hall–Kier alpha value is -1.02. The minimum absolute atomic E-state index is 0.